The maximum atomic E-state index is 11.8. The summed E-state index contributed by atoms with van der Waals surface area (Å²) in [5.74, 6) is 0.410. The second-order valence-electron chi connectivity index (χ2n) is 6.02. The van der Waals surface area contributed by atoms with E-state index in [4.69, 9.17) is 4.74 Å². The summed E-state index contributed by atoms with van der Waals surface area (Å²) in [5.41, 5.74) is 0. The summed E-state index contributed by atoms with van der Waals surface area (Å²) < 4.78 is 4.73. The van der Waals surface area contributed by atoms with Crippen LogP contribution in [0.4, 0.5) is 0 Å². The van der Waals surface area contributed by atoms with Crippen molar-refractivity contribution in [2.75, 3.05) is 26.7 Å². The Hall–Kier alpha value is -1.10. The highest BCUT2D eigenvalue weighted by Crippen LogP contribution is 2.21. The van der Waals surface area contributed by atoms with E-state index in [2.05, 4.69) is 17.1 Å². The van der Waals surface area contributed by atoms with Crippen LogP contribution >= 0.6 is 0 Å². The minimum absolute atomic E-state index is 0.00407. The SMILES string of the molecule is CCCC1CC(NC(=O)C(C)C)CN(CC(=O)OC)C1. The summed E-state index contributed by atoms with van der Waals surface area (Å²) in [4.78, 5) is 25.4. The highest BCUT2D eigenvalue weighted by Gasteiger charge is 2.29. The van der Waals surface area contributed by atoms with E-state index < -0.39 is 0 Å². The number of carbonyl (C=O) groups excluding carboxylic acids is 2. The number of nitrogens with zero attached hydrogens (tertiary/aromatic N) is 1. The highest BCUT2D eigenvalue weighted by molar-refractivity contribution is 5.78. The Kier molecular flexibility index (Phi) is 6.99. The molecule has 0 saturated carbocycles. The number of nitrogens with one attached hydrogen (secondary N) is 1. The van der Waals surface area contributed by atoms with Gasteiger partial charge in [0, 0.05) is 25.0 Å². The van der Waals surface area contributed by atoms with Gasteiger partial charge in [-0.1, -0.05) is 27.2 Å². The summed E-state index contributed by atoms with van der Waals surface area (Å²) in [6.07, 6.45) is 3.26. The molecule has 20 heavy (non-hydrogen) atoms. The third kappa shape index (κ3) is 5.49. The lowest BCUT2D eigenvalue weighted by Crippen LogP contribution is -2.52. The monoisotopic (exact) mass is 284 g/mol. The normalized spacial score (nSPS) is 23.6. The van der Waals surface area contributed by atoms with Gasteiger partial charge in [-0.2, -0.15) is 0 Å². The molecule has 116 valence electrons. The van der Waals surface area contributed by atoms with Gasteiger partial charge in [0.05, 0.1) is 13.7 Å². The molecule has 1 amide bonds. The van der Waals surface area contributed by atoms with Gasteiger partial charge in [-0.3, -0.25) is 14.5 Å². The number of carbonyl (C=O) groups is 2. The van der Waals surface area contributed by atoms with Crippen LogP contribution in [-0.4, -0.2) is 49.6 Å². The Morgan fingerprint density at radius 2 is 2.05 bits per heavy atom. The maximum absolute atomic E-state index is 11.8. The molecule has 1 saturated heterocycles. The number of hydrogen-bond acceptors (Lipinski definition) is 4. The van der Waals surface area contributed by atoms with E-state index in [1.165, 1.54) is 7.11 Å². The second-order valence-corrected chi connectivity index (χ2v) is 6.02. The van der Waals surface area contributed by atoms with Gasteiger partial charge in [-0.05, 0) is 18.8 Å². The smallest absolute Gasteiger partial charge is 0.319 e. The molecule has 1 N–H and O–H groups in total. The van der Waals surface area contributed by atoms with Gasteiger partial charge in [0.2, 0.25) is 5.91 Å². The van der Waals surface area contributed by atoms with Crippen LogP contribution in [0.25, 0.3) is 0 Å². The molecule has 5 heteroatoms. The summed E-state index contributed by atoms with van der Waals surface area (Å²) in [7, 11) is 1.41. The van der Waals surface area contributed by atoms with Crippen LogP contribution < -0.4 is 5.32 Å². The van der Waals surface area contributed by atoms with E-state index in [0.717, 1.165) is 32.4 Å². The lowest BCUT2D eigenvalue weighted by atomic mass is 9.90. The Labute approximate surface area is 122 Å². The van der Waals surface area contributed by atoms with Crippen LogP contribution in [0.3, 0.4) is 0 Å². The van der Waals surface area contributed by atoms with Gasteiger partial charge in [-0.15, -0.1) is 0 Å². The second kappa shape index (κ2) is 8.25. The average molecular weight is 284 g/mol. The number of esters is 1. The standard InChI is InChI=1S/C15H28N2O3/c1-5-6-12-7-13(16-15(19)11(2)3)9-17(8-12)10-14(18)20-4/h11-13H,5-10H2,1-4H3,(H,16,19). The van der Waals surface area contributed by atoms with E-state index in [1.54, 1.807) is 0 Å². The molecular formula is C15H28N2O3. The molecule has 0 aromatic rings. The Balaban J connectivity index is 2.60. The lowest BCUT2D eigenvalue weighted by Gasteiger charge is -2.37. The number of methoxy groups -OCH3 is 1. The Morgan fingerprint density at radius 3 is 2.60 bits per heavy atom. The molecule has 0 aromatic carbocycles. The van der Waals surface area contributed by atoms with Gasteiger partial charge >= 0.3 is 5.97 Å². The van der Waals surface area contributed by atoms with Crippen LogP contribution in [0.2, 0.25) is 0 Å². The van der Waals surface area contributed by atoms with Crippen LogP contribution in [0.1, 0.15) is 40.0 Å². The first kappa shape index (κ1) is 17.0. The lowest BCUT2D eigenvalue weighted by molar-refractivity contribution is -0.142. The van der Waals surface area contributed by atoms with Crippen molar-refractivity contribution < 1.29 is 14.3 Å². The first-order valence-corrected chi connectivity index (χ1v) is 7.55. The van der Waals surface area contributed by atoms with Crippen molar-refractivity contribution in [3.05, 3.63) is 0 Å². The quantitative estimate of drug-likeness (QED) is 0.750. The number of ether oxygens (including phenoxy) is 1. The van der Waals surface area contributed by atoms with Gasteiger partial charge in [0.15, 0.2) is 0 Å². The molecule has 0 aliphatic carbocycles. The van der Waals surface area contributed by atoms with Gasteiger partial charge in [-0.25, -0.2) is 0 Å². The average Bonchev–Trinajstić information content (AvgIpc) is 2.38. The zero-order valence-electron chi connectivity index (χ0n) is 13.1. The predicted molar refractivity (Wildman–Crippen MR) is 78.2 cm³/mol. The Morgan fingerprint density at radius 1 is 1.35 bits per heavy atom. The number of piperidine rings is 1. The zero-order valence-corrected chi connectivity index (χ0v) is 13.1. The summed E-state index contributed by atoms with van der Waals surface area (Å²) in [6, 6.07) is 0.139. The van der Waals surface area contributed by atoms with Gasteiger partial charge in [0.1, 0.15) is 0 Å². The van der Waals surface area contributed by atoms with Crippen LogP contribution in [0.15, 0.2) is 0 Å². The molecule has 2 atom stereocenters. The van der Waals surface area contributed by atoms with Crippen LogP contribution in [-0.2, 0) is 14.3 Å². The number of amides is 1. The van der Waals surface area contributed by atoms with Crippen molar-refractivity contribution in [1.82, 2.24) is 10.2 Å². The van der Waals surface area contributed by atoms with Crippen molar-refractivity contribution in [3.63, 3.8) is 0 Å². The van der Waals surface area contributed by atoms with Crippen molar-refractivity contribution in [2.24, 2.45) is 11.8 Å². The van der Waals surface area contributed by atoms with Crippen molar-refractivity contribution >= 4 is 11.9 Å². The van der Waals surface area contributed by atoms with E-state index in [9.17, 15) is 9.59 Å². The van der Waals surface area contributed by atoms with Crippen molar-refractivity contribution in [3.8, 4) is 0 Å². The van der Waals surface area contributed by atoms with Crippen molar-refractivity contribution in [2.45, 2.75) is 46.1 Å². The molecule has 1 aliphatic rings. The molecule has 1 fully saturated rings. The van der Waals surface area contributed by atoms with Crippen LogP contribution in [0, 0.1) is 11.8 Å². The Bertz CT molecular complexity index is 331. The minimum atomic E-state index is -0.212. The summed E-state index contributed by atoms with van der Waals surface area (Å²) in [6.45, 7) is 7.91. The fourth-order valence-electron chi connectivity index (χ4n) is 2.77. The fraction of sp³-hybridized carbons (Fsp3) is 0.867. The molecular weight excluding hydrogens is 256 g/mol. The van der Waals surface area contributed by atoms with E-state index in [0.29, 0.717) is 12.5 Å². The fourth-order valence-corrected chi connectivity index (χ4v) is 2.77. The molecule has 1 heterocycles. The molecule has 0 bridgehead atoms. The summed E-state index contributed by atoms with van der Waals surface area (Å²) >= 11 is 0. The minimum Gasteiger partial charge on any atom is -0.468 e. The highest BCUT2D eigenvalue weighted by atomic mass is 16.5. The number of rotatable bonds is 6. The molecule has 0 aromatic heterocycles. The van der Waals surface area contributed by atoms with Crippen LogP contribution in [0.5, 0.6) is 0 Å². The number of hydrogen-bond donors (Lipinski definition) is 1. The third-order valence-electron chi connectivity index (χ3n) is 3.76. The molecule has 5 nitrogen and oxygen atoms in total. The maximum Gasteiger partial charge on any atom is 0.319 e. The molecule has 1 rings (SSSR count). The molecule has 0 spiro atoms. The predicted octanol–water partition coefficient (Wildman–Crippen LogP) is 1.42. The van der Waals surface area contributed by atoms with Gasteiger partial charge in [0.25, 0.3) is 0 Å². The first-order chi connectivity index (χ1) is 9.46. The van der Waals surface area contributed by atoms with E-state index in [-0.39, 0.29) is 23.8 Å². The van der Waals surface area contributed by atoms with Gasteiger partial charge < -0.3 is 10.1 Å². The molecule has 0 radical (unpaired) electrons. The zero-order chi connectivity index (χ0) is 15.1. The number of likely N-dealkylation sites (tertiary alicyclic amines) is 1. The molecule has 2 unspecified atom stereocenters. The van der Waals surface area contributed by atoms with Crippen molar-refractivity contribution in [1.29, 1.82) is 0 Å². The molecule has 1 aliphatic heterocycles. The summed E-state index contributed by atoms with van der Waals surface area (Å²) in [5, 5.41) is 3.10. The topological polar surface area (TPSA) is 58.6 Å². The van der Waals surface area contributed by atoms with E-state index in [1.807, 2.05) is 13.8 Å². The largest absolute Gasteiger partial charge is 0.468 e. The van der Waals surface area contributed by atoms with E-state index >= 15 is 0 Å². The third-order valence-corrected chi connectivity index (χ3v) is 3.76. The first-order valence-electron chi connectivity index (χ1n) is 7.55.